The SMILES string of the molecule is CCCCCCc1csc(-c2sccc2CCCC(F)(F)C(F)(F)C(F)(F)C(F)(F)F)c1. The van der Waals surface area contributed by atoms with Gasteiger partial charge in [-0.1, -0.05) is 26.2 Å². The Morgan fingerprint density at radius 1 is 0.781 bits per heavy atom. The van der Waals surface area contributed by atoms with Crippen LogP contribution in [0.5, 0.6) is 0 Å². The lowest BCUT2D eigenvalue weighted by Gasteiger charge is -2.33. The standard InChI is InChI=1S/C21H23F9S2/c1-2-3-4-5-7-14-12-16(32-13-14)17-15(9-11-31-17)8-6-10-18(22,23)19(24,25)20(26,27)21(28,29)30/h9,11-13H,2-8,10H2,1H3. The van der Waals surface area contributed by atoms with Crippen molar-refractivity contribution in [2.45, 2.75) is 82.2 Å². The molecule has 0 N–H and O–H groups in total. The summed E-state index contributed by atoms with van der Waals surface area (Å²) in [5.41, 5.74) is 1.69. The minimum Gasteiger partial charge on any atom is -0.200 e. The Bertz CT molecular complexity index is 850. The van der Waals surface area contributed by atoms with Gasteiger partial charge in [-0.25, -0.2) is 0 Å². The van der Waals surface area contributed by atoms with Crippen molar-refractivity contribution in [3.8, 4) is 9.75 Å². The molecule has 182 valence electrons. The van der Waals surface area contributed by atoms with Crippen molar-refractivity contribution in [2.24, 2.45) is 0 Å². The van der Waals surface area contributed by atoms with E-state index < -0.39 is 36.8 Å². The van der Waals surface area contributed by atoms with Gasteiger partial charge in [-0.2, -0.15) is 39.5 Å². The predicted octanol–water partition coefficient (Wildman–Crippen LogP) is 9.39. The zero-order valence-corrected chi connectivity index (χ0v) is 18.8. The number of unbranched alkanes of at least 4 members (excludes halogenated alkanes) is 3. The van der Waals surface area contributed by atoms with Gasteiger partial charge in [-0.05, 0) is 59.7 Å². The van der Waals surface area contributed by atoms with Crippen LogP contribution in [0.1, 0.15) is 56.6 Å². The van der Waals surface area contributed by atoms with Gasteiger partial charge in [0.05, 0.1) is 0 Å². The number of hydrogen-bond acceptors (Lipinski definition) is 2. The van der Waals surface area contributed by atoms with Crippen LogP contribution in [0.3, 0.4) is 0 Å². The molecule has 0 unspecified atom stereocenters. The van der Waals surface area contributed by atoms with Crippen LogP contribution < -0.4 is 0 Å². The summed E-state index contributed by atoms with van der Waals surface area (Å²) in [5.74, 6) is -18.9. The van der Waals surface area contributed by atoms with E-state index in [9.17, 15) is 39.5 Å². The number of aryl methyl sites for hydroxylation is 2. The molecule has 2 rings (SSSR count). The van der Waals surface area contributed by atoms with Gasteiger partial charge in [0.15, 0.2) is 0 Å². The van der Waals surface area contributed by atoms with Crippen LogP contribution in [-0.4, -0.2) is 23.9 Å². The van der Waals surface area contributed by atoms with Crippen LogP contribution in [-0.2, 0) is 12.8 Å². The van der Waals surface area contributed by atoms with Crippen molar-refractivity contribution in [1.29, 1.82) is 0 Å². The Hall–Kier alpha value is -1.23. The van der Waals surface area contributed by atoms with Crippen molar-refractivity contribution >= 4 is 22.7 Å². The summed E-state index contributed by atoms with van der Waals surface area (Å²) in [7, 11) is 0. The van der Waals surface area contributed by atoms with Crippen LogP contribution in [0.15, 0.2) is 22.9 Å². The van der Waals surface area contributed by atoms with E-state index >= 15 is 0 Å². The summed E-state index contributed by atoms with van der Waals surface area (Å²) in [6.45, 7) is 2.11. The van der Waals surface area contributed by atoms with Crippen molar-refractivity contribution < 1.29 is 39.5 Å². The van der Waals surface area contributed by atoms with E-state index in [2.05, 4.69) is 6.92 Å². The summed E-state index contributed by atoms with van der Waals surface area (Å²) in [6, 6.07) is 3.58. The highest BCUT2D eigenvalue weighted by Crippen LogP contribution is 2.54. The lowest BCUT2D eigenvalue weighted by molar-refractivity contribution is -0.396. The zero-order valence-electron chi connectivity index (χ0n) is 17.2. The average molecular weight is 511 g/mol. The molecule has 2 aromatic heterocycles. The average Bonchev–Trinajstić information content (AvgIpc) is 3.33. The molecule has 0 nitrogen and oxygen atoms in total. The largest absolute Gasteiger partial charge is 0.460 e. The van der Waals surface area contributed by atoms with Gasteiger partial charge in [-0.3, -0.25) is 0 Å². The molecule has 0 aliphatic carbocycles. The number of alkyl halides is 9. The molecule has 0 amide bonds. The molecule has 2 heterocycles. The van der Waals surface area contributed by atoms with E-state index in [4.69, 9.17) is 0 Å². The second kappa shape index (κ2) is 10.4. The summed E-state index contributed by atoms with van der Waals surface area (Å²) >= 11 is 2.78. The molecule has 2 aromatic rings. The van der Waals surface area contributed by atoms with Gasteiger partial charge < -0.3 is 0 Å². The molecule has 0 aliphatic rings. The molecule has 11 heteroatoms. The van der Waals surface area contributed by atoms with Crippen molar-refractivity contribution in [3.05, 3.63) is 34.0 Å². The van der Waals surface area contributed by atoms with E-state index in [1.807, 2.05) is 11.4 Å². The van der Waals surface area contributed by atoms with Crippen LogP contribution in [0.4, 0.5) is 39.5 Å². The molecule has 0 fully saturated rings. The van der Waals surface area contributed by atoms with Gasteiger partial charge in [-0.15, -0.1) is 22.7 Å². The Kier molecular flexibility index (Phi) is 8.75. The molecule has 0 bridgehead atoms. The van der Waals surface area contributed by atoms with E-state index in [-0.39, 0.29) is 6.42 Å². The summed E-state index contributed by atoms with van der Waals surface area (Å²) in [6.07, 6.45) is -4.10. The Morgan fingerprint density at radius 2 is 1.47 bits per heavy atom. The lowest BCUT2D eigenvalue weighted by atomic mass is 9.97. The topological polar surface area (TPSA) is 0 Å². The molecular formula is C21H23F9S2. The first kappa shape index (κ1) is 27.0. The highest BCUT2D eigenvalue weighted by molar-refractivity contribution is 7.20. The summed E-state index contributed by atoms with van der Waals surface area (Å²) in [5, 5.41) is 3.68. The summed E-state index contributed by atoms with van der Waals surface area (Å²) in [4.78, 5) is 1.63. The molecule has 32 heavy (non-hydrogen) atoms. The maximum atomic E-state index is 13.7. The van der Waals surface area contributed by atoms with Crippen LogP contribution >= 0.6 is 22.7 Å². The molecule has 0 radical (unpaired) electrons. The fourth-order valence-corrected chi connectivity index (χ4v) is 5.27. The molecular weight excluding hydrogens is 487 g/mol. The van der Waals surface area contributed by atoms with E-state index in [0.29, 0.717) is 5.56 Å². The maximum absolute atomic E-state index is 13.7. The van der Waals surface area contributed by atoms with Gasteiger partial charge in [0, 0.05) is 16.2 Å². The fourth-order valence-electron chi connectivity index (χ4n) is 3.20. The van der Waals surface area contributed by atoms with Gasteiger partial charge >= 0.3 is 23.9 Å². The highest BCUT2D eigenvalue weighted by atomic mass is 32.1. The minimum atomic E-state index is -6.83. The van der Waals surface area contributed by atoms with Crippen molar-refractivity contribution in [2.75, 3.05) is 0 Å². The van der Waals surface area contributed by atoms with Gasteiger partial charge in [0.1, 0.15) is 0 Å². The smallest absolute Gasteiger partial charge is 0.200 e. The Morgan fingerprint density at radius 3 is 2.09 bits per heavy atom. The van der Waals surface area contributed by atoms with E-state index in [0.717, 1.165) is 47.4 Å². The first-order chi connectivity index (χ1) is 14.7. The number of hydrogen-bond donors (Lipinski definition) is 0. The third-order valence-corrected chi connectivity index (χ3v) is 7.21. The first-order valence-electron chi connectivity index (χ1n) is 10.1. The van der Waals surface area contributed by atoms with Crippen LogP contribution in [0.25, 0.3) is 9.75 Å². The fraction of sp³-hybridized carbons (Fsp3) is 0.619. The quantitative estimate of drug-likeness (QED) is 0.197. The van der Waals surface area contributed by atoms with E-state index in [1.54, 1.807) is 11.4 Å². The first-order valence-corrected chi connectivity index (χ1v) is 11.8. The van der Waals surface area contributed by atoms with Crippen molar-refractivity contribution in [3.63, 3.8) is 0 Å². The zero-order chi connectivity index (χ0) is 24.2. The Balaban J connectivity index is 2.02. The van der Waals surface area contributed by atoms with Gasteiger partial charge in [0.25, 0.3) is 0 Å². The van der Waals surface area contributed by atoms with E-state index in [1.165, 1.54) is 22.7 Å². The van der Waals surface area contributed by atoms with Crippen LogP contribution in [0.2, 0.25) is 0 Å². The van der Waals surface area contributed by atoms with Gasteiger partial charge in [0.2, 0.25) is 0 Å². The van der Waals surface area contributed by atoms with Crippen molar-refractivity contribution in [1.82, 2.24) is 0 Å². The molecule has 0 aromatic carbocycles. The highest BCUT2D eigenvalue weighted by Gasteiger charge is 2.81. The third-order valence-electron chi connectivity index (χ3n) is 5.09. The normalized spacial score (nSPS) is 13.7. The molecule has 0 saturated carbocycles. The molecule has 0 saturated heterocycles. The molecule has 0 spiro atoms. The third kappa shape index (κ3) is 5.81. The lowest BCUT2D eigenvalue weighted by Crippen LogP contribution is -2.60. The predicted molar refractivity (Wildman–Crippen MR) is 109 cm³/mol. The minimum absolute atomic E-state index is 0.147. The summed E-state index contributed by atoms with van der Waals surface area (Å²) < 4.78 is 117. The Labute approximate surface area is 188 Å². The molecule has 0 aliphatic heterocycles. The van der Waals surface area contributed by atoms with Crippen LogP contribution in [0, 0.1) is 0 Å². The second-order valence-electron chi connectivity index (χ2n) is 7.61. The maximum Gasteiger partial charge on any atom is 0.460 e. The number of rotatable bonds is 12. The molecule has 0 atom stereocenters. The second-order valence-corrected chi connectivity index (χ2v) is 9.44. The monoisotopic (exact) mass is 510 g/mol. The number of thiophene rings is 2. The number of halogens is 9.